The molecule has 0 heterocycles. The molecule has 1 atom stereocenters. The highest BCUT2D eigenvalue weighted by Crippen LogP contribution is 2.15. The van der Waals surface area contributed by atoms with Crippen molar-refractivity contribution in [3.05, 3.63) is 85.1 Å². The van der Waals surface area contributed by atoms with Crippen LogP contribution in [-0.4, -0.2) is 37.2 Å². The van der Waals surface area contributed by atoms with E-state index in [0.29, 0.717) is 19.3 Å². The molecule has 0 saturated carbocycles. The Morgan fingerprint density at radius 2 is 0.594 bits per heavy atom. The summed E-state index contributed by atoms with van der Waals surface area (Å²) in [5.41, 5.74) is 0. The van der Waals surface area contributed by atoms with Gasteiger partial charge in [0.05, 0.1) is 0 Å². The first-order valence-corrected chi connectivity index (χ1v) is 29.1. The second-order valence-corrected chi connectivity index (χ2v) is 19.2. The Hall–Kier alpha value is -3.41. The minimum absolute atomic E-state index is 0.103. The predicted octanol–water partition coefficient (Wildman–Crippen LogP) is 19.5. The molecule has 69 heavy (non-hydrogen) atoms. The Morgan fingerprint density at radius 1 is 0.304 bits per heavy atom. The molecule has 0 saturated heterocycles. The summed E-state index contributed by atoms with van der Waals surface area (Å²) in [7, 11) is 0. The molecule has 0 radical (unpaired) electrons. The van der Waals surface area contributed by atoms with E-state index in [4.69, 9.17) is 14.2 Å². The highest BCUT2D eigenvalue weighted by molar-refractivity contribution is 5.71. The minimum Gasteiger partial charge on any atom is -0.462 e. The molecule has 0 aliphatic heterocycles. The average molecular weight is 962 g/mol. The van der Waals surface area contributed by atoms with Gasteiger partial charge < -0.3 is 14.2 Å². The van der Waals surface area contributed by atoms with Gasteiger partial charge in [0.15, 0.2) is 6.10 Å². The van der Waals surface area contributed by atoms with Gasteiger partial charge in [-0.1, -0.05) is 241 Å². The maximum atomic E-state index is 12.9. The SMILES string of the molecule is CC/C=C\C/C=C\C/C=C\C/C=C\CCCCCCCCC(=O)OCC(COC(=O)CC/C=C\C/C=C\CCCCCCCC)OC(=O)CCCCCCCCC/C=C\CCCCCCCCCC. The maximum absolute atomic E-state index is 12.9. The van der Waals surface area contributed by atoms with Crippen molar-refractivity contribution in [2.75, 3.05) is 13.2 Å². The van der Waals surface area contributed by atoms with Crippen LogP contribution in [0.2, 0.25) is 0 Å². The normalized spacial score (nSPS) is 12.7. The van der Waals surface area contributed by atoms with Crippen molar-refractivity contribution >= 4 is 17.9 Å². The largest absolute Gasteiger partial charge is 0.462 e. The highest BCUT2D eigenvalue weighted by atomic mass is 16.6. The van der Waals surface area contributed by atoms with Crippen LogP contribution >= 0.6 is 0 Å². The molecule has 0 aliphatic rings. The lowest BCUT2D eigenvalue weighted by atomic mass is 10.1. The fraction of sp³-hybridized carbons (Fsp3) is 0.730. The fourth-order valence-corrected chi connectivity index (χ4v) is 8.01. The van der Waals surface area contributed by atoms with Crippen LogP contribution < -0.4 is 0 Å². The predicted molar refractivity (Wildman–Crippen MR) is 297 cm³/mol. The molecule has 0 aromatic rings. The summed E-state index contributed by atoms with van der Waals surface area (Å²) in [6.45, 7) is 6.47. The van der Waals surface area contributed by atoms with E-state index in [1.807, 2.05) is 6.08 Å². The number of hydrogen-bond donors (Lipinski definition) is 0. The van der Waals surface area contributed by atoms with Crippen LogP contribution in [0.5, 0.6) is 0 Å². The van der Waals surface area contributed by atoms with Crippen LogP contribution in [0.25, 0.3) is 0 Å². The monoisotopic (exact) mass is 961 g/mol. The number of esters is 3. The Bertz CT molecular complexity index is 1330. The third-order valence-corrected chi connectivity index (χ3v) is 12.4. The summed E-state index contributed by atoms with van der Waals surface area (Å²) in [6, 6.07) is 0. The summed E-state index contributed by atoms with van der Waals surface area (Å²) in [6.07, 6.45) is 74.4. The van der Waals surface area contributed by atoms with Gasteiger partial charge in [-0.05, 0) is 103 Å². The first kappa shape index (κ1) is 65.6. The number of rotatable bonds is 52. The number of hydrogen-bond acceptors (Lipinski definition) is 6. The molecule has 0 amide bonds. The van der Waals surface area contributed by atoms with Crippen molar-refractivity contribution in [3.8, 4) is 0 Å². The van der Waals surface area contributed by atoms with Crippen molar-refractivity contribution in [3.63, 3.8) is 0 Å². The molecule has 0 rings (SSSR count). The summed E-state index contributed by atoms with van der Waals surface area (Å²) < 4.78 is 16.8. The van der Waals surface area contributed by atoms with E-state index in [-0.39, 0.29) is 37.5 Å². The van der Waals surface area contributed by atoms with Gasteiger partial charge in [-0.15, -0.1) is 0 Å². The fourth-order valence-electron chi connectivity index (χ4n) is 8.01. The van der Waals surface area contributed by atoms with Gasteiger partial charge in [0, 0.05) is 19.3 Å². The Labute approximate surface area is 426 Å². The quantitative estimate of drug-likeness (QED) is 0.0262. The Kier molecular flexibility index (Phi) is 54.3. The number of carbonyl (C=O) groups excluding carboxylic acids is 3. The van der Waals surface area contributed by atoms with Gasteiger partial charge in [-0.2, -0.15) is 0 Å². The molecule has 0 spiro atoms. The second-order valence-electron chi connectivity index (χ2n) is 19.2. The van der Waals surface area contributed by atoms with E-state index in [0.717, 1.165) is 89.9 Å². The van der Waals surface area contributed by atoms with Crippen LogP contribution in [-0.2, 0) is 28.6 Å². The van der Waals surface area contributed by atoms with Crippen LogP contribution in [0.4, 0.5) is 0 Å². The standard InChI is InChI=1S/C63H108O6/c1-4-7-10-13-16-19-22-25-27-29-31-33-35-38-41-44-47-50-53-56-62(65)68-59-60(58-67-61(64)55-52-49-46-43-40-37-24-21-18-15-12-9-6-3)69-63(66)57-54-51-48-45-42-39-36-34-32-30-28-26-23-20-17-14-11-8-5-2/h7,10,16,19,25,27,30-33,37,40,46,49,60H,4-6,8-9,11-15,17-18,20-24,26,28-29,34-36,38-39,41-45,47-48,50-59H2,1-3H3/b10-7-,19-16-,27-25-,32-30-,33-31-,40-37-,49-46-. The summed E-state index contributed by atoms with van der Waals surface area (Å²) in [4.78, 5) is 38.1. The lowest BCUT2D eigenvalue weighted by Crippen LogP contribution is -2.30. The van der Waals surface area contributed by atoms with Crippen molar-refractivity contribution in [1.29, 1.82) is 0 Å². The Balaban J connectivity index is 4.44. The van der Waals surface area contributed by atoms with Crippen LogP contribution in [0.15, 0.2) is 85.1 Å². The average Bonchev–Trinajstić information content (AvgIpc) is 3.35. The maximum Gasteiger partial charge on any atom is 0.306 e. The van der Waals surface area contributed by atoms with Crippen LogP contribution in [0.1, 0.15) is 278 Å². The zero-order chi connectivity index (χ0) is 50.0. The second kappa shape index (κ2) is 57.2. The lowest BCUT2D eigenvalue weighted by molar-refractivity contribution is -0.166. The van der Waals surface area contributed by atoms with Crippen molar-refractivity contribution < 1.29 is 28.6 Å². The number of unbranched alkanes of at least 4 members (excludes halogenated alkanes) is 27. The van der Waals surface area contributed by atoms with E-state index in [2.05, 4.69) is 99.8 Å². The van der Waals surface area contributed by atoms with Crippen molar-refractivity contribution in [2.45, 2.75) is 284 Å². The third kappa shape index (κ3) is 55.4. The van der Waals surface area contributed by atoms with Crippen molar-refractivity contribution in [1.82, 2.24) is 0 Å². The van der Waals surface area contributed by atoms with Gasteiger partial charge in [-0.25, -0.2) is 0 Å². The molecule has 0 aromatic heterocycles. The van der Waals surface area contributed by atoms with E-state index < -0.39 is 6.10 Å². The molecule has 0 N–H and O–H groups in total. The first-order valence-electron chi connectivity index (χ1n) is 29.1. The number of carbonyl (C=O) groups is 3. The van der Waals surface area contributed by atoms with E-state index in [9.17, 15) is 14.4 Å². The molecular weight excluding hydrogens is 853 g/mol. The topological polar surface area (TPSA) is 78.9 Å². The van der Waals surface area contributed by atoms with Gasteiger partial charge in [-0.3, -0.25) is 14.4 Å². The van der Waals surface area contributed by atoms with E-state index in [1.54, 1.807) is 0 Å². The summed E-state index contributed by atoms with van der Waals surface area (Å²) in [5, 5.41) is 0. The van der Waals surface area contributed by atoms with Gasteiger partial charge in [0.25, 0.3) is 0 Å². The Morgan fingerprint density at radius 3 is 0.986 bits per heavy atom. The summed E-state index contributed by atoms with van der Waals surface area (Å²) >= 11 is 0. The zero-order valence-electron chi connectivity index (χ0n) is 45.3. The molecule has 0 aromatic carbocycles. The lowest BCUT2D eigenvalue weighted by Gasteiger charge is -2.18. The minimum atomic E-state index is -0.808. The first-order chi connectivity index (χ1) is 34.0. The molecule has 0 bridgehead atoms. The molecule has 1 unspecified atom stereocenters. The molecule has 6 nitrogen and oxygen atoms in total. The summed E-state index contributed by atoms with van der Waals surface area (Å²) in [5.74, 6) is -0.984. The van der Waals surface area contributed by atoms with Gasteiger partial charge >= 0.3 is 17.9 Å². The smallest absolute Gasteiger partial charge is 0.306 e. The van der Waals surface area contributed by atoms with E-state index in [1.165, 1.54) is 141 Å². The van der Waals surface area contributed by atoms with E-state index >= 15 is 0 Å². The molecule has 6 heteroatoms. The van der Waals surface area contributed by atoms with Gasteiger partial charge in [0.1, 0.15) is 13.2 Å². The molecule has 0 fully saturated rings. The molecule has 0 aliphatic carbocycles. The zero-order valence-corrected chi connectivity index (χ0v) is 45.3. The highest BCUT2D eigenvalue weighted by Gasteiger charge is 2.19. The van der Waals surface area contributed by atoms with Crippen LogP contribution in [0.3, 0.4) is 0 Å². The van der Waals surface area contributed by atoms with Crippen molar-refractivity contribution in [2.24, 2.45) is 0 Å². The third-order valence-electron chi connectivity index (χ3n) is 12.4. The number of allylic oxidation sites excluding steroid dienone is 14. The number of ether oxygens (including phenoxy) is 3. The molecular formula is C63H108O6. The molecule has 396 valence electrons. The van der Waals surface area contributed by atoms with Gasteiger partial charge in [0.2, 0.25) is 0 Å². The van der Waals surface area contributed by atoms with Crippen LogP contribution in [0, 0.1) is 0 Å².